The van der Waals surface area contributed by atoms with Crippen LogP contribution < -0.4 is 44.2 Å². The first kappa shape index (κ1) is 104. The molecule has 147 heavy (non-hydrogen) atoms. The molecule has 4 aromatic carbocycles. The van der Waals surface area contributed by atoms with E-state index in [9.17, 15) is 57.2 Å². The molecule has 0 radical (unpaired) electrons. The van der Waals surface area contributed by atoms with Gasteiger partial charge in [-0.2, -0.15) is 29.4 Å². The molecule has 782 valence electrons. The molecule has 0 unspecified atom stereocenters. The Labute approximate surface area is 869 Å². The summed E-state index contributed by atoms with van der Waals surface area (Å²) in [6, 6.07) is 30.2. The number of aromatic nitrogens is 12. The highest BCUT2D eigenvalue weighted by Crippen LogP contribution is 2.46. The summed E-state index contributed by atoms with van der Waals surface area (Å²) in [6.45, 7) is 15.5. The van der Waals surface area contributed by atoms with E-state index in [0.717, 1.165) is 290 Å². The summed E-state index contributed by atoms with van der Waals surface area (Å²) < 4.78 is 127. The number of hydrogen-bond donors (Lipinski definition) is 5. The summed E-state index contributed by atoms with van der Waals surface area (Å²) in [7, 11) is -10.2. The SMILES string of the molecule is CN(C)[C@@H]1CCN(c2cc(N3CCC3)nc3cc([C@@H]4CCCCN4C(=O)c4cc(Cl)ccc4NS(C)(=O)=O)nn23)C1.CS(=O)(=O)Nc1ccc(Cl)cc1C(=O)N1CCCC[C@H]1c1cc2nc(N3CCC3)cc(N3CC[C@@H](N)C3)n2n1.Cc1cc(C2CC2)nc2cc([C@@H]3CCCCN3C(=O)c3cc(F)cc(Cl)c3NS(C)(=O)=O)nn12.Cc1ccc(NS(C)(=O)=O)c(C(=O)N2CCCC[C@H]2c2cc3nc(C4CC4)c(C)cn3n2)c1. The van der Waals surface area contributed by atoms with Gasteiger partial charge in [0.05, 0.1) is 128 Å². The average Bonchev–Trinajstić information content (AvgIpc) is 1.57. The highest BCUT2D eigenvalue weighted by Gasteiger charge is 2.42. The van der Waals surface area contributed by atoms with Crippen LogP contribution in [0.1, 0.15) is 257 Å². The van der Waals surface area contributed by atoms with Crippen molar-refractivity contribution in [2.45, 2.75) is 197 Å². The molecule has 10 fully saturated rings. The number of aryl methyl sites for hydroxylation is 3. The van der Waals surface area contributed by atoms with Gasteiger partial charge in [0.1, 0.15) is 29.1 Å². The summed E-state index contributed by atoms with van der Waals surface area (Å²) in [5, 5.41) is 20.2. The number of carbonyl (C=O) groups excluding carboxylic acids is 4. The number of rotatable bonds is 23. The van der Waals surface area contributed by atoms with Crippen LogP contribution in [0.4, 0.5) is 50.4 Å². The maximum Gasteiger partial charge on any atom is 0.256 e. The summed E-state index contributed by atoms with van der Waals surface area (Å²) in [5.41, 5.74) is 18.9. The summed E-state index contributed by atoms with van der Waals surface area (Å²) >= 11 is 18.6. The lowest BCUT2D eigenvalue weighted by Crippen LogP contribution is -2.39. The molecule has 2 aliphatic carbocycles. The lowest BCUT2D eigenvalue weighted by atomic mass is 9.97. The van der Waals surface area contributed by atoms with Crippen molar-refractivity contribution >= 4 is 167 Å². The van der Waals surface area contributed by atoms with Gasteiger partial charge in [-0.3, -0.25) is 38.1 Å². The minimum absolute atomic E-state index is 0.120. The molecule has 0 bridgehead atoms. The predicted octanol–water partition coefficient (Wildman–Crippen LogP) is 14.8. The Morgan fingerprint density at radius 1 is 0.395 bits per heavy atom. The number of anilines is 8. The van der Waals surface area contributed by atoms with Gasteiger partial charge in [0, 0.05) is 166 Å². The van der Waals surface area contributed by atoms with E-state index in [-0.39, 0.29) is 86.7 Å². The maximum absolute atomic E-state index is 14.2. The van der Waals surface area contributed by atoms with Gasteiger partial charge >= 0.3 is 0 Å². The number of fused-ring (bicyclic) bond motifs is 4. The van der Waals surface area contributed by atoms with Crippen LogP contribution in [0.2, 0.25) is 15.1 Å². The monoisotopic (exact) mass is 2140 g/mol. The molecule has 16 heterocycles. The Bertz CT molecular complexity index is 7610. The fourth-order valence-corrected chi connectivity index (χ4v) is 24.0. The summed E-state index contributed by atoms with van der Waals surface area (Å²) in [4.78, 5) is 93.3. The van der Waals surface area contributed by atoms with Crippen molar-refractivity contribution in [3.05, 3.63) is 210 Å². The van der Waals surface area contributed by atoms with Crippen LogP contribution in [0.15, 0.2) is 115 Å². The van der Waals surface area contributed by atoms with Crippen molar-refractivity contribution in [1.29, 1.82) is 0 Å². The van der Waals surface area contributed by atoms with E-state index in [1.807, 2.05) is 62.8 Å². The van der Waals surface area contributed by atoms with Gasteiger partial charge < -0.3 is 49.8 Å². The first-order chi connectivity index (χ1) is 70.0. The van der Waals surface area contributed by atoms with Crippen molar-refractivity contribution < 1.29 is 57.2 Å². The van der Waals surface area contributed by atoms with Gasteiger partial charge in [0.25, 0.3) is 23.6 Å². The number of carbonyl (C=O) groups is 4. The first-order valence-electron chi connectivity index (χ1n) is 50.3. The van der Waals surface area contributed by atoms with E-state index in [1.165, 1.54) is 37.1 Å². The highest BCUT2D eigenvalue weighted by molar-refractivity contribution is 7.92. The number of sulfonamides is 4. The highest BCUT2D eigenvalue weighted by atomic mass is 35.5. The molecule has 8 aromatic heterocycles. The summed E-state index contributed by atoms with van der Waals surface area (Å²) in [6.07, 6.45) is 25.4. The molecule has 12 aromatic rings. The lowest BCUT2D eigenvalue weighted by molar-refractivity contribution is 0.0599. The fraction of sp³-hybridized carbons (Fsp3) is 0.485. The van der Waals surface area contributed by atoms with Gasteiger partial charge in [0.2, 0.25) is 40.1 Å². The van der Waals surface area contributed by atoms with Crippen LogP contribution in [0.3, 0.4) is 0 Å². The molecule has 22 rings (SSSR count). The topological polar surface area (TPSA) is 429 Å². The number of likely N-dealkylation sites (N-methyl/N-ethyl adjacent to an activating group) is 1. The normalized spacial score (nSPS) is 20.5. The number of nitrogens with one attached hydrogen (secondary N) is 4. The number of nitrogens with zero attached hydrogens (tertiary/aromatic N) is 21. The van der Waals surface area contributed by atoms with Crippen LogP contribution in [0.25, 0.3) is 22.6 Å². The van der Waals surface area contributed by atoms with E-state index < -0.39 is 51.8 Å². The molecule has 8 saturated heterocycles. The standard InChI is InChI=1S/C28H37ClN8O3S.C26H33ClN8O3S.C24H29N5O3S.C23H25ClFN5O3S/c1-33(2)20-10-14-35(18-20)27-17-25(34-11-6-12-34)30-26-16-23(31-37(26)27)24-7-4-5-13-36(24)28(38)21-15-19(29)8-9-22(21)32-41(3,39)40;1-39(37,38)31-20-7-6-17(27)13-19(20)26(36)34-11-3-2-5-22(34)21-14-24-29-23(32-9-4-10-32)15-25(35(24)30-21)33-12-8-18(28)16-33;1-15-7-10-19(27-33(3,31)32)18(12-15)24(30)28-11-5-4-6-21(28)20-13-22-25-23(17-8-9-17)16(2)14-29(22)26-20;1-13-9-18(14-6-7-14)26-21-12-19(27-30(13)21)20-5-3-4-8-29(20)23(31)16-10-15(25)11-17(24)22(16)28-34(2,32)33/h8-9,15-17,20,24,32H,4-7,10-14,18H2,1-3H3;6-7,13-15,18,22,31H,2-5,8-12,16,28H2,1H3;7,10,12-14,17,21,27H,4-6,8-9,11H2,1-3H3;9-12,14,20,28H,3-8H2,1-2H3/t20-,24+;18-,22+;21-;20-/m1100/s1. The van der Waals surface area contributed by atoms with Crippen molar-refractivity contribution in [1.82, 2.24) is 82.9 Å². The molecule has 6 N–H and O–H groups in total. The van der Waals surface area contributed by atoms with Crippen LogP contribution in [0, 0.1) is 26.6 Å². The molecule has 0 spiro atoms. The minimum atomic E-state index is -3.74. The van der Waals surface area contributed by atoms with Crippen molar-refractivity contribution in [2.24, 2.45) is 5.73 Å². The van der Waals surface area contributed by atoms with Crippen molar-refractivity contribution in [3.63, 3.8) is 0 Å². The predicted molar refractivity (Wildman–Crippen MR) is 568 cm³/mol. The van der Waals surface area contributed by atoms with E-state index in [1.54, 1.807) is 49.5 Å². The maximum atomic E-state index is 14.2. The number of nitrogens with two attached hydrogens (primary N) is 1. The average molecular weight is 2150 g/mol. The zero-order chi connectivity index (χ0) is 104. The quantitative estimate of drug-likeness (QED) is 0.0397. The zero-order valence-corrected chi connectivity index (χ0v) is 89.3. The third-order valence-electron chi connectivity index (χ3n) is 29.0. The second-order valence-corrected chi connectivity index (χ2v) is 49.1. The molecule has 38 nitrogen and oxygen atoms in total. The van der Waals surface area contributed by atoms with Gasteiger partial charge in [-0.05, 0) is 236 Å². The molecule has 46 heteroatoms. The molecule has 6 atom stereocenters. The molecule has 10 aliphatic rings. The van der Waals surface area contributed by atoms with Crippen LogP contribution in [-0.4, -0.2) is 270 Å². The van der Waals surface area contributed by atoms with Gasteiger partial charge in [-0.25, -0.2) is 67.0 Å². The van der Waals surface area contributed by atoms with Crippen LogP contribution >= 0.6 is 34.8 Å². The number of piperidine rings is 4. The van der Waals surface area contributed by atoms with Crippen LogP contribution in [-0.2, 0) is 40.1 Å². The Hall–Kier alpha value is -11.8. The summed E-state index contributed by atoms with van der Waals surface area (Å²) in [5.74, 6) is 2.98. The number of amides is 4. The largest absolute Gasteiger partial charge is 0.356 e. The fourth-order valence-electron chi connectivity index (χ4n) is 21.0. The number of benzene rings is 4. The van der Waals surface area contributed by atoms with E-state index in [2.05, 4.69) is 82.6 Å². The van der Waals surface area contributed by atoms with E-state index in [0.29, 0.717) is 77.5 Å². The van der Waals surface area contributed by atoms with Gasteiger partial charge in [-0.15, -0.1) is 0 Å². The molecule has 8 aliphatic heterocycles. The van der Waals surface area contributed by atoms with Crippen molar-refractivity contribution in [3.8, 4) is 0 Å². The third-order valence-corrected chi connectivity index (χ3v) is 32.1. The number of likely N-dealkylation sites (tertiary alicyclic amines) is 4. The van der Waals surface area contributed by atoms with Gasteiger partial charge in [-0.1, -0.05) is 46.4 Å². The molecule has 2 saturated carbocycles. The Morgan fingerprint density at radius 2 is 0.810 bits per heavy atom. The van der Waals surface area contributed by atoms with Crippen molar-refractivity contribution in [2.75, 3.05) is 156 Å². The Balaban J connectivity index is 0.000000124. The zero-order valence-electron chi connectivity index (χ0n) is 83.7. The Morgan fingerprint density at radius 3 is 1.23 bits per heavy atom. The number of halogens is 4. The number of hydrogen-bond acceptors (Lipinski definition) is 26. The second kappa shape index (κ2) is 42.3. The molecular weight excluding hydrogens is 2020 g/mol. The van der Waals surface area contributed by atoms with Crippen LogP contribution in [0.5, 0.6) is 0 Å². The third kappa shape index (κ3) is 23.6. The second-order valence-electron chi connectivity index (χ2n) is 40.8. The smallest absolute Gasteiger partial charge is 0.256 e. The molecule has 4 amide bonds. The lowest BCUT2D eigenvalue weighted by Gasteiger charge is -2.35. The molecular formula is C101H124Cl3FN26O12S4. The Kier molecular flexibility index (Phi) is 29.8. The van der Waals surface area contributed by atoms with E-state index >= 15 is 0 Å². The van der Waals surface area contributed by atoms with E-state index in [4.69, 9.17) is 80.9 Å². The van der Waals surface area contributed by atoms with Gasteiger partial charge in [0.15, 0.2) is 22.6 Å². The minimum Gasteiger partial charge on any atom is -0.356 e. The first-order valence-corrected chi connectivity index (χ1v) is 59.0.